The van der Waals surface area contributed by atoms with E-state index in [4.69, 9.17) is 0 Å². The number of hydrogen-bond acceptors (Lipinski definition) is 7. The van der Waals surface area contributed by atoms with Gasteiger partial charge in [-0.2, -0.15) is 31.4 Å². The lowest BCUT2D eigenvalue weighted by atomic mass is 10.1. The van der Waals surface area contributed by atoms with Crippen molar-refractivity contribution >= 4 is 11.9 Å². The van der Waals surface area contributed by atoms with Gasteiger partial charge in [0.1, 0.15) is 5.56 Å². The summed E-state index contributed by atoms with van der Waals surface area (Å²) in [4.78, 5) is 37.0. The molecular weight excluding hydrogens is 496 g/mol. The van der Waals surface area contributed by atoms with Gasteiger partial charge in [0.05, 0.1) is 17.3 Å². The molecule has 2 aromatic heterocycles. The second-order valence-corrected chi connectivity index (χ2v) is 8.71. The number of anilines is 1. The molecule has 0 unspecified atom stereocenters. The number of alkyl halides is 6. The number of aromatic nitrogens is 4. The van der Waals surface area contributed by atoms with E-state index in [0.717, 1.165) is 12.4 Å². The van der Waals surface area contributed by atoms with Crippen LogP contribution in [0, 0.1) is 0 Å². The van der Waals surface area contributed by atoms with Gasteiger partial charge in [-0.15, -0.1) is 0 Å². The molecule has 1 saturated heterocycles. The molecule has 0 bridgehead atoms. The lowest BCUT2D eigenvalue weighted by Crippen LogP contribution is -2.49. The standard InChI is InChI=1S/C21H23F6N7O2/c1-32(14-3-2-13-16(21(25,26)27)18(36)31-30-17(13)14)5-4-15(35)33-6-8-34(9-7-33)19-28-10-12(11-29-19)20(22,23)24/h10-11,14H,2-9H2,1H3,(H,31,36)/t14-/m0/s1. The van der Waals surface area contributed by atoms with Gasteiger partial charge in [0.15, 0.2) is 0 Å². The first-order valence-corrected chi connectivity index (χ1v) is 11.2. The number of nitrogens with zero attached hydrogens (tertiary/aromatic N) is 6. The van der Waals surface area contributed by atoms with Gasteiger partial charge in [-0.1, -0.05) is 0 Å². The van der Waals surface area contributed by atoms with E-state index < -0.39 is 35.1 Å². The van der Waals surface area contributed by atoms with Crippen LogP contribution in [-0.2, 0) is 23.6 Å². The predicted molar refractivity (Wildman–Crippen MR) is 114 cm³/mol. The molecule has 0 radical (unpaired) electrons. The number of rotatable bonds is 5. The van der Waals surface area contributed by atoms with Gasteiger partial charge < -0.3 is 9.80 Å². The zero-order chi connectivity index (χ0) is 26.3. The van der Waals surface area contributed by atoms with Gasteiger partial charge in [0.25, 0.3) is 5.56 Å². The van der Waals surface area contributed by atoms with E-state index in [-0.39, 0.29) is 42.5 Å². The molecule has 1 aliphatic heterocycles. The molecule has 1 amide bonds. The first-order chi connectivity index (χ1) is 16.9. The normalized spacial score (nSPS) is 18.6. The first-order valence-electron chi connectivity index (χ1n) is 11.2. The number of amides is 1. The van der Waals surface area contributed by atoms with E-state index >= 15 is 0 Å². The van der Waals surface area contributed by atoms with Crippen LogP contribution in [0.25, 0.3) is 0 Å². The van der Waals surface area contributed by atoms with Gasteiger partial charge in [0.2, 0.25) is 11.9 Å². The average molecular weight is 519 g/mol. The first kappa shape index (κ1) is 25.9. The molecule has 1 N–H and O–H groups in total. The molecule has 196 valence electrons. The fourth-order valence-corrected chi connectivity index (χ4v) is 4.55. The Bertz CT molecular complexity index is 1160. The summed E-state index contributed by atoms with van der Waals surface area (Å²) in [5, 5.41) is 5.79. The number of carbonyl (C=O) groups excluding carboxylic acids is 1. The molecule has 15 heteroatoms. The van der Waals surface area contributed by atoms with Crippen LogP contribution >= 0.6 is 0 Å². The molecule has 36 heavy (non-hydrogen) atoms. The van der Waals surface area contributed by atoms with Crippen molar-refractivity contribution < 1.29 is 31.1 Å². The molecule has 2 aliphatic rings. The molecule has 3 heterocycles. The van der Waals surface area contributed by atoms with Crippen molar-refractivity contribution in [1.82, 2.24) is 30.0 Å². The highest BCUT2D eigenvalue weighted by atomic mass is 19.4. The Morgan fingerprint density at radius 1 is 1.08 bits per heavy atom. The molecule has 9 nitrogen and oxygen atoms in total. The van der Waals surface area contributed by atoms with Crippen molar-refractivity contribution in [2.75, 3.05) is 44.7 Å². The number of aromatic amines is 1. The number of fused-ring (bicyclic) bond motifs is 1. The lowest BCUT2D eigenvalue weighted by molar-refractivity contribution is -0.139. The van der Waals surface area contributed by atoms with Crippen LogP contribution in [0.1, 0.15) is 41.3 Å². The maximum absolute atomic E-state index is 13.3. The van der Waals surface area contributed by atoms with Crippen molar-refractivity contribution in [3.63, 3.8) is 0 Å². The van der Waals surface area contributed by atoms with Gasteiger partial charge in [-0.3, -0.25) is 14.5 Å². The van der Waals surface area contributed by atoms with Crippen LogP contribution in [0.5, 0.6) is 0 Å². The van der Waals surface area contributed by atoms with Crippen LogP contribution in [-0.4, -0.2) is 75.6 Å². The summed E-state index contributed by atoms with van der Waals surface area (Å²) >= 11 is 0. The monoisotopic (exact) mass is 519 g/mol. The molecule has 0 saturated carbocycles. The van der Waals surface area contributed by atoms with E-state index in [1.165, 1.54) is 0 Å². The number of halogens is 6. The Labute approximate surface area is 201 Å². The quantitative estimate of drug-likeness (QED) is 0.606. The highest BCUT2D eigenvalue weighted by Crippen LogP contribution is 2.39. The van der Waals surface area contributed by atoms with Crippen LogP contribution in [0.3, 0.4) is 0 Å². The van der Waals surface area contributed by atoms with Crippen molar-refractivity contribution in [3.8, 4) is 0 Å². The number of H-pyrrole nitrogens is 1. The number of piperazine rings is 1. The van der Waals surface area contributed by atoms with Crippen LogP contribution in [0.15, 0.2) is 17.2 Å². The second kappa shape index (κ2) is 9.67. The van der Waals surface area contributed by atoms with Gasteiger partial charge >= 0.3 is 12.4 Å². The molecule has 1 aliphatic carbocycles. The van der Waals surface area contributed by atoms with E-state index in [1.807, 2.05) is 5.10 Å². The maximum Gasteiger partial charge on any atom is 0.422 e. The van der Waals surface area contributed by atoms with Crippen LogP contribution in [0.2, 0.25) is 0 Å². The van der Waals surface area contributed by atoms with Crippen molar-refractivity contribution in [2.45, 2.75) is 37.7 Å². The third kappa shape index (κ3) is 5.29. The topological polar surface area (TPSA) is 98.3 Å². The second-order valence-electron chi connectivity index (χ2n) is 8.71. The molecule has 0 spiro atoms. The average Bonchev–Trinajstić information content (AvgIpc) is 3.25. The number of hydrogen-bond donors (Lipinski definition) is 1. The zero-order valence-corrected chi connectivity index (χ0v) is 19.2. The summed E-state index contributed by atoms with van der Waals surface area (Å²) in [6.45, 7) is 1.63. The third-order valence-electron chi connectivity index (χ3n) is 6.47. The molecule has 1 fully saturated rings. The fourth-order valence-electron chi connectivity index (χ4n) is 4.55. The van der Waals surface area contributed by atoms with Gasteiger partial charge in [-0.25, -0.2) is 15.1 Å². The highest BCUT2D eigenvalue weighted by Gasteiger charge is 2.42. The zero-order valence-electron chi connectivity index (χ0n) is 19.2. The molecule has 1 atom stereocenters. The third-order valence-corrected chi connectivity index (χ3v) is 6.47. The summed E-state index contributed by atoms with van der Waals surface area (Å²) in [5.74, 6) is -0.00281. The summed E-state index contributed by atoms with van der Waals surface area (Å²) in [7, 11) is 1.69. The molecule has 4 rings (SSSR count). The van der Waals surface area contributed by atoms with Crippen LogP contribution < -0.4 is 10.5 Å². The summed E-state index contributed by atoms with van der Waals surface area (Å²) < 4.78 is 78.0. The minimum absolute atomic E-state index is 0.0675. The number of carbonyl (C=O) groups is 1. The maximum atomic E-state index is 13.3. The van der Waals surface area contributed by atoms with E-state index in [9.17, 15) is 35.9 Å². The molecule has 0 aromatic carbocycles. The Balaban J connectivity index is 1.30. The van der Waals surface area contributed by atoms with Gasteiger partial charge in [-0.05, 0) is 25.5 Å². The van der Waals surface area contributed by atoms with Gasteiger partial charge in [0, 0.05) is 51.5 Å². The summed E-state index contributed by atoms with van der Waals surface area (Å²) in [6.07, 6.45) is -7.33. The molecular formula is C21H23F6N7O2. The lowest BCUT2D eigenvalue weighted by Gasteiger charge is -2.35. The number of nitrogens with one attached hydrogen (secondary N) is 1. The van der Waals surface area contributed by atoms with Crippen LogP contribution in [0.4, 0.5) is 32.3 Å². The highest BCUT2D eigenvalue weighted by molar-refractivity contribution is 5.76. The minimum atomic E-state index is -4.78. The smallest absolute Gasteiger partial charge is 0.339 e. The SMILES string of the molecule is CN(CCC(=O)N1CCN(c2ncc(C(F)(F)F)cn2)CC1)[C@H]1CCc2c1n[nH]c(=O)c2C(F)(F)F. The van der Waals surface area contributed by atoms with E-state index in [1.54, 1.807) is 21.7 Å². The Hall–Kier alpha value is -3.23. The summed E-state index contributed by atoms with van der Waals surface area (Å²) in [5.41, 5.74) is -3.35. The predicted octanol–water partition coefficient (Wildman–Crippen LogP) is 2.26. The van der Waals surface area contributed by atoms with E-state index in [2.05, 4.69) is 15.1 Å². The minimum Gasteiger partial charge on any atom is -0.339 e. The Morgan fingerprint density at radius 2 is 1.72 bits per heavy atom. The summed E-state index contributed by atoms with van der Waals surface area (Å²) in [6, 6.07) is -0.459. The Kier molecular flexibility index (Phi) is 6.94. The van der Waals surface area contributed by atoms with Crippen molar-refractivity contribution in [2.24, 2.45) is 0 Å². The Morgan fingerprint density at radius 3 is 2.31 bits per heavy atom. The van der Waals surface area contributed by atoms with Crippen molar-refractivity contribution in [3.05, 3.63) is 45.1 Å². The largest absolute Gasteiger partial charge is 0.422 e. The molecule has 2 aromatic rings. The van der Waals surface area contributed by atoms with Crippen molar-refractivity contribution in [1.29, 1.82) is 0 Å². The van der Waals surface area contributed by atoms with E-state index in [0.29, 0.717) is 32.6 Å². The fraction of sp³-hybridized carbons (Fsp3) is 0.571.